The summed E-state index contributed by atoms with van der Waals surface area (Å²) in [5, 5.41) is 17.2. The summed E-state index contributed by atoms with van der Waals surface area (Å²) in [4.78, 5) is 38.4. The SMILES string of the molecule is Cc1cc(C(F)F)nc2sc(C(N)=O)c(NC(=O)Cn3nc([N+](=O)[O-])c(Cl)c3C)c12. The first-order chi connectivity index (χ1) is 14.0. The van der Waals surface area contributed by atoms with Gasteiger partial charge in [0.05, 0.1) is 16.5 Å². The van der Waals surface area contributed by atoms with Crippen molar-refractivity contribution >= 4 is 56.5 Å². The number of primary amides is 1. The molecule has 0 unspecified atom stereocenters. The first kappa shape index (κ1) is 21.5. The lowest BCUT2D eigenvalue weighted by Gasteiger charge is -2.08. The van der Waals surface area contributed by atoms with Crippen molar-refractivity contribution < 1.29 is 23.3 Å². The van der Waals surface area contributed by atoms with Gasteiger partial charge in [-0.3, -0.25) is 9.59 Å². The molecule has 10 nitrogen and oxygen atoms in total. The van der Waals surface area contributed by atoms with Crippen LogP contribution in [-0.4, -0.2) is 31.5 Å². The van der Waals surface area contributed by atoms with Crippen molar-refractivity contribution in [3.8, 4) is 0 Å². The van der Waals surface area contributed by atoms with E-state index in [0.717, 1.165) is 22.1 Å². The molecule has 3 rings (SSSR count). The number of carbonyl (C=O) groups excluding carboxylic acids is 2. The molecule has 30 heavy (non-hydrogen) atoms. The number of rotatable bonds is 6. The molecule has 0 bridgehead atoms. The third-order valence-corrected chi connectivity index (χ3v) is 5.71. The summed E-state index contributed by atoms with van der Waals surface area (Å²) < 4.78 is 27.1. The van der Waals surface area contributed by atoms with Crippen LogP contribution in [0.3, 0.4) is 0 Å². The molecule has 3 N–H and O–H groups in total. The predicted molar refractivity (Wildman–Crippen MR) is 105 cm³/mol. The van der Waals surface area contributed by atoms with Gasteiger partial charge in [-0.15, -0.1) is 11.3 Å². The molecular formula is C16H13ClF2N6O4S. The fourth-order valence-electron chi connectivity index (χ4n) is 2.81. The van der Waals surface area contributed by atoms with Crippen molar-refractivity contribution in [1.82, 2.24) is 14.8 Å². The summed E-state index contributed by atoms with van der Waals surface area (Å²) in [6.45, 7) is 2.53. The van der Waals surface area contributed by atoms with E-state index in [1.165, 1.54) is 13.8 Å². The average molecular weight is 459 g/mol. The molecule has 0 radical (unpaired) electrons. The number of nitrogens with one attached hydrogen (secondary N) is 1. The van der Waals surface area contributed by atoms with E-state index in [0.29, 0.717) is 10.9 Å². The van der Waals surface area contributed by atoms with Crippen LogP contribution in [0.1, 0.15) is 33.0 Å². The largest absolute Gasteiger partial charge is 0.408 e. The summed E-state index contributed by atoms with van der Waals surface area (Å²) in [5.41, 5.74) is 5.49. The molecule has 0 aliphatic rings. The number of aromatic nitrogens is 3. The first-order valence-corrected chi connectivity index (χ1v) is 9.39. The van der Waals surface area contributed by atoms with Gasteiger partial charge in [0, 0.05) is 5.39 Å². The Kier molecular flexibility index (Phi) is 5.67. The van der Waals surface area contributed by atoms with Crippen LogP contribution in [0, 0.1) is 24.0 Å². The van der Waals surface area contributed by atoms with E-state index in [-0.39, 0.29) is 26.1 Å². The lowest BCUT2D eigenvalue weighted by atomic mass is 10.1. The lowest BCUT2D eigenvalue weighted by Crippen LogP contribution is -2.22. The zero-order chi connectivity index (χ0) is 22.3. The highest BCUT2D eigenvalue weighted by molar-refractivity contribution is 7.21. The molecule has 0 aromatic carbocycles. The highest BCUT2D eigenvalue weighted by Gasteiger charge is 2.27. The van der Waals surface area contributed by atoms with Crippen LogP contribution in [-0.2, 0) is 11.3 Å². The van der Waals surface area contributed by atoms with Crippen molar-refractivity contribution in [3.05, 3.63) is 43.0 Å². The number of alkyl halides is 2. The van der Waals surface area contributed by atoms with Crippen LogP contribution in [0.4, 0.5) is 20.3 Å². The third kappa shape index (κ3) is 3.80. The van der Waals surface area contributed by atoms with E-state index in [9.17, 15) is 28.5 Å². The number of hydrogen-bond donors (Lipinski definition) is 2. The maximum atomic E-state index is 13.0. The fraction of sp³-hybridized carbons (Fsp3) is 0.250. The van der Waals surface area contributed by atoms with E-state index < -0.39 is 41.2 Å². The summed E-state index contributed by atoms with van der Waals surface area (Å²) in [6, 6.07) is 1.15. The third-order valence-electron chi connectivity index (χ3n) is 4.17. The number of nitro groups is 1. The Hall–Kier alpha value is -3.19. The molecule has 0 aliphatic carbocycles. The molecule has 0 aliphatic heterocycles. The fourth-order valence-corrected chi connectivity index (χ4v) is 4.08. The Bertz CT molecular complexity index is 1210. The number of pyridine rings is 1. The van der Waals surface area contributed by atoms with E-state index in [1.807, 2.05) is 0 Å². The van der Waals surface area contributed by atoms with Crippen LogP contribution in [0.15, 0.2) is 6.07 Å². The quantitative estimate of drug-likeness (QED) is 0.427. The van der Waals surface area contributed by atoms with Crippen LogP contribution in [0.5, 0.6) is 0 Å². The van der Waals surface area contributed by atoms with Crippen LogP contribution in [0.2, 0.25) is 5.02 Å². The van der Waals surface area contributed by atoms with Crippen LogP contribution >= 0.6 is 22.9 Å². The molecule has 0 fully saturated rings. The van der Waals surface area contributed by atoms with Gasteiger partial charge >= 0.3 is 5.82 Å². The number of anilines is 1. The summed E-state index contributed by atoms with van der Waals surface area (Å²) in [6.07, 6.45) is -2.81. The molecule has 2 amide bonds. The molecule has 0 spiro atoms. The van der Waals surface area contributed by atoms with Crippen molar-refractivity contribution in [2.24, 2.45) is 5.73 Å². The van der Waals surface area contributed by atoms with Gasteiger partial charge in [0.1, 0.15) is 21.9 Å². The van der Waals surface area contributed by atoms with E-state index in [4.69, 9.17) is 17.3 Å². The topological polar surface area (TPSA) is 146 Å². The van der Waals surface area contributed by atoms with Crippen molar-refractivity contribution in [2.45, 2.75) is 26.8 Å². The minimum Gasteiger partial charge on any atom is -0.365 e. The van der Waals surface area contributed by atoms with E-state index >= 15 is 0 Å². The standard InChI is InChI=1S/C16H13ClF2N6O4S/c1-5-3-7(13(18)19)21-16-9(5)11(12(30-16)14(20)27)22-8(26)4-24-6(2)10(17)15(23-24)25(28)29/h3,13H,4H2,1-2H3,(H2,20,27)(H,22,26). The second-order valence-corrected chi connectivity index (χ2v) is 7.58. The lowest BCUT2D eigenvalue weighted by molar-refractivity contribution is -0.389. The van der Waals surface area contributed by atoms with Gasteiger partial charge in [-0.05, 0) is 30.4 Å². The van der Waals surface area contributed by atoms with Gasteiger partial charge in [0.25, 0.3) is 12.3 Å². The first-order valence-electron chi connectivity index (χ1n) is 8.20. The molecule has 3 heterocycles. The number of thiophene rings is 1. The molecule has 158 valence electrons. The number of aryl methyl sites for hydroxylation is 1. The molecule has 3 aromatic rings. The van der Waals surface area contributed by atoms with Gasteiger partial charge in [0.2, 0.25) is 5.91 Å². The van der Waals surface area contributed by atoms with E-state index in [1.54, 1.807) is 0 Å². The number of nitrogens with two attached hydrogens (primary N) is 1. The Morgan fingerprint density at radius 1 is 1.43 bits per heavy atom. The zero-order valence-corrected chi connectivity index (χ0v) is 17.0. The maximum Gasteiger partial charge on any atom is 0.408 e. The number of carbonyl (C=O) groups is 2. The van der Waals surface area contributed by atoms with Crippen molar-refractivity contribution in [1.29, 1.82) is 0 Å². The average Bonchev–Trinajstić information content (AvgIpc) is 3.15. The number of amides is 2. The van der Waals surface area contributed by atoms with Gasteiger partial charge in [0.15, 0.2) is 5.02 Å². The van der Waals surface area contributed by atoms with Gasteiger partial charge in [-0.2, -0.15) is 4.68 Å². The summed E-state index contributed by atoms with van der Waals surface area (Å²) in [7, 11) is 0. The molecule has 0 atom stereocenters. The zero-order valence-electron chi connectivity index (χ0n) is 15.4. The number of hydrogen-bond acceptors (Lipinski definition) is 7. The van der Waals surface area contributed by atoms with Gasteiger partial charge in [-0.25, -0.2) is 13.8 Å². The summed E-state index contributed by atoms with van der Waals surface area (Å²) in [5.74, 6) is -2.16. The number of fused-ring (bicyclic) bond motifs is 1. The number of halogens is 3. The second-order valence-electron chi connectivity index (χ2n) is 6.20. The second kappa shape index (κ2) is 7.91. The highest BCUT2D eigenvalue weighted by atomic mass is 35.5. The number of nitrogens with zero attached hydrogens (tertiary/aromatic N) is 4. The van der Waals surface area contributed by atoms with Crippen molar-refractivity contribution in [3.63, 3.8) is 0 Å². The van der Waals surface area contributed by atoms with Crippen LogP contribution in [0.25, 0.3) is 10.2 Å². The Morgan fingerprint density at radius 3 is 2.63 bits per heavy atom. The normalized spacial score (nSPS) is 11.3. The highest BCUT2D eigenvalue weighted by Crippen LogP contribution is 2.38. The minimum absolute atomic E-state index is 0.0312. The Balaban J connectivity index is 2.00. The molecule has 0 saturated heterocycles. The Morgan fingerprint density at radius 2 is 2.10 bits per heavy atom. The van der Waals surface area contributed by atoms with Gasteiger partial charge < -0.3 is 21.2 Å². The smallest absolute Gasteiger partial charge is 0.365 e. The Labute approximate surface area is 175 Å². The van der Waals surface area contributed by atoms with E-state index in [2.05, 4.69) is 15.4 Å². The molecule has 14 heteroatoms. The monoisotopic (exact) mass is 458 g/mol. The summed E-state index contributed by atoms with van der Waals surface area (Å²) >= 11 is 6.63. The van der Waals surface area contributed by atoms with Gasteiger partial charge in [-0.1, -0.05) is 11.6 Å². The molecular weight excluding hydrogens is 446 g/mol. The van der Waals surface area contributed by atoms with Crippen LogP contribution < -0.4 is 11.1 Å². The van der Waals surface area contributed by atoms with Crippen molar-refractivity contribution in [2.75, 3.05) is 5.32 Å². The molecule has 0 saturated carbocycles. The predicted octanol–water partition coefficient (Wildman–Crippen LogP) is 3.35. The maximum absolute atomic E-state index is 13.0. The minimum atomic E-state index is -2.81. The molecule has 3 aromatic heterocycles.